The van der Waals surface area contributed by atoms with Gasteiger partial charge >= 0.3 is 6.09 Å². The number of ether oxygens (including phenoxy) is 3. The quantitative estimate of drug-likeness (QED) is 0.766. The third-order valence-electron chi connectivity index (χ3n) is 4.80. The fourth-order valence-electron chi connectivity index (χ4n) is 3.36. The van der Waals surface area contributed by atoms with Gasteiger partial charge in [-0.25, -0.2) is 4.79 Å². The second kappa shape index (κ2) is 8.53. The van der Waals surface area contributed by atoms with Gasteiger partial charge in [0.15, 0.2) is 0 Å². The molecule has 3 rings (SSSR count). The number of hydrogen-bond donors (Lipinski definition) is 0. The minimum atomic E-state index is -0.534. The molecule has 154 valence electrons. The van der Waals surface area contributed by atoms with Crippen LogP contribution in [0.15, 0.2) is 24.4 Å². The predicted octanol–water partition coefficient (Wildman–Crippen LogP) is 4.26. The molecule has 0 bridgehead atoms. The largest absolute Gasteiger partial charge is 0.492 e. The lowest BCUT2D eigenvalue weighted by atomic mass is 10.0. The molecule has 0 unspecified atom stereocenters. The summed E-state index contributed by atoms with van der Waals surface area (Å²) in [4.78, 5) is 15.0. The van der Waals surface area contributed by atoms with Gasteiger partial charge in [0.25, 0.3) is 0 Å². The van der Waals surface area contributed by atoms with Crippen molar-refractivity contribution in [1.29, 1.82) is 0 Å². The Kier molecular flexibility index (Phi) is 6.30. The van der Waals surface area contributed by atoms with Gasteiger partial charge in [0.05, 0.1) is 18.7 Å². The molecule has 0 aliphatic carbocycles. The van der Waals surface area contributed by atoms with E-state index < -0.39 is 5.60 Å². The molecule has 0 N–H and O–H groups in total. The van der Waals surface area contributed by atoms with Crippen molar-refractivity contribution in [3.63, 3.8) is 0 Å². The molecule has 1 saturated heterocycles. The highest BCUT2D eigenvalue weighted by Gasteiger charge is 2.22. The molecule has 6 heteroatoms. The Morgan fingerprint density at radius 1 is 1.21 bits per heavy atom. The zero-order chi connectivity index (χ0) is 20.3. The molecule has 28 heavy (non-hydrogen) atoms. The maximum absolute atomic E-state index is 12.6. The number of hydrogen-bond acceptors (Lipinski definition) is 5. The van der Waals surface area contributed by atoms with Crippen LogP contribution in [0.4, 0.5) is 4.79 Å². The van der Waals surface area contributed by atoms with E-state index in [-0.39, 0.29) is 12.0 Å². The highest BCUT2D eigenvalue weighted by Crippen LogP contribution is 2.31. The average molecular weight is 389 g/mol. The maximum atomic E-state index is 12.6. The van der Waals surface area contributed by atoms with E-state index in [1.54, 1.807) is 4.57 Å². The summed E-state index contributed by atoms with van der Waals surface area (Å²) in [6, 6.07) is 5.90. The molecule has 2 aromatic rings. The van der Waals surface area contributed by atoms with Crippen molar-refractivity contribution in [2.45, 2.75) is 46.1 Å². The Morgan fingerprint density at radius 3 is 2.57 bits per heavy atom. The van der Waals surface area contributed by atoms with Crippen LogP contribution >= 0.6 is 0 Å². The number of nitrogens with zero attached hydrogens (tertiary/aromatic N) is 2. The zero-order valence-corrected chi connectivity index (χ0v) is 17.7. The van der Waals surface area contributed by atoms with Gasteiger partial charge in [0, 0.05) is 31.2 Å². The van der Waals surface area contributed by atoms with Gasteiger partial charge in [-0.15, -0.1) is 0 Å². The van der Waals surface area contributed by atoms with Crippen molar-refractivity contribution >= 4 is 17.0 Å². The van der Waals surface area contributed by atoms with Gasteiger partial charge < -0.3 is 14.2 Å². The SMILES string of the molecule is CC(C)c1cn(C(=O)OC(C)(C)C)c2ccc(OCCN3CCOCC3)cc12. The van der Waals surface area contributed by atoms with E-state index in [0.717, 1.165) is 55.1 Å². The first-order valence-electron chi connectivity index (χ1n) is 10.1. The molecule has 6 nitrogen and oxygen atoms in total. The molecular weight excluding hydrogens is 356 g/mol. The summed E-state index contributed by atoms with van der Waals surface area (Å²) < 4.78 is 18.5. The Bertz CT molecular complexity index is 814. The van der Waals surface area contributed by atoms with Crippen LogP contribution in [0.1, 0.15) is 46.1 Å². The van der Waals surface area contributed by atoms with E-state index in [0.29, 0.717) is 6.61 Å². The minimum Gasteiger partial charge on any atom is -0.492 e. The molecule has 1 fully saturated rings. The van der Waals surface area contributed by atoms with E-state index in [1.165, 1.54) is 0 Å². The maximum Gasteiger partial charge on any atom is 0.419 e. The summed E-state index contributed by atoms with van der Waals surface area (Å²) >= 11 is 0. The van der Waals surface area contributed by atoms with Crippen LogP contribution in [0.2, 0.25) is 0 Å². The fraction of sp³-hybridized carbons (Fsp3) is 0.591. The van der Waals surface area contributed by atoms with Crippen molar-refractivity contribution in [2.75, 3.05) is 39.5 Å². The van der Waals surface area contributed by atoms with Crippen LogP contribution < -0.4 is 4.74 Å². The first-order valence-corrected chi connectivity index (χ1v) is 10.1. The van der Waals surface area contributed by atoms with Crippen LogP contribution in [-0.2, 0) is 9.47 Å². The van der Waals surface area contributed by atoms with Gasteiger partial charge in [-0.2, -0.15) is 0 Å². The lowest BCUT2D eigenvalue weighted by Crippen LogP contribution is -2.38. The van der Waals surface area contributed by atoms with Crippen molar-refractivity contribution < 1.29 is 19.0 Å². The zero-order valence-electron chi connectivity index (χ0n) is 17.7. The number of aromatic nitrogens is 1. The highest BCUT2D eigenvalue weighted by molar-refractivity contribution is 5.93. The monoisotopic (exact) mass is 388 g/mol. The smallest absolute Gasteiger partial charge is 0.419 e. The van der Waals surface area contributed by atoms with Crippen LogP contribution in [0, 0.1) is 0 Å². The Hall–Kier alpha value is -2.05. The van der Waals surface area contributed by atoms with Crippen molar-refractivity contribution in [1.82, 2.24) is 9.47 Å². The summed E-state index contributed by atoms with van der Waals surface area (Å²) in [5.74, 6) is 1.11. The summed E-state index contributed by atoms with van der Waals surface area (Å²) in [5, 5.41) is 1.03. The van der Waals surface area contributed by atoms with Crippen molar-refractivity contribution in [3.05, 3.63) is 30.0 Å². The molecule has 0 radical (unpaired) electrons. The number of morpholine rings is 1. The number of benzene rings is 1. The second-order valence-corrected chi connectivity index (χ2v) is 8.57. The molecule has 2 heterocycles. The van der Waals surface area contributed by atoms with E-state index in [2.05, 4.69) is 18.7 Å². The van der Waals surface area contributed by atoms with Crippen LogP contribution in [0.3, 0.4) is 0 Å². The number of fused-ring (bicyclic) bond motifs is 1. The first-order chi connectivity index (χ1) is 13.2. The molecule has 1 aliphatic heterocycles. The number of carbonyl (C=O) groups excluding carboxylic acids is 1. The molecule has 1 aliphatic rings. The fourth-order valence-corrected chi connectivity index (χ4v) is 3.36. The third kappa shape index (κ3) is 5.06. The van der Waals surface area contributed by atoms with Gasteiger partial charge in [-0.05, 0) is 50.5 Å². The summed E-state index contributed by atoms with van der Waals surface area (Å²) in [5.41, 5.74) is 1.42. The van der Waals surface area contributed by atoms with Crippen LogP contribution in [0.5, 0.6) is 5.75 Å². The van der Waals surface area contributed by atoms with Gasteiger partial charge in [-0.3, -0.25) is 9.47 Å². The highest BCUT2D eigenvalue weighted by atomic mass is 16.6. The lowest BCUT2D eigenvalue weighted by Gasteiger charge is -2.26. The van der Waals surface area contributed by atoms with Gasteiger partial charge in [0.2, 0.25) is 0 Å². The van der Waals surface area contributed by atoms with E-state index in [1.807, 2.05) is 45.2 Å². The van der Waals surface area contributed by atoms with E-state index in [9.17, 15) is 4.79 Å². The van der Waals surface area contributed by atoms with Crippen molar-refractivity contribution in [3.8, 4) is 5.75 Å². The van der Waals surface area contributed by atoms with Crippen molar-refractivity contribution in [2.24, 2.45) is 0 Å². The average Bonchev–Trinajstić information content (AvgIpc) is 3.00. The summed E-state index contributed by atoms with van der Waals surface area (Å²) in [7, 11) is 0. The molecule has 1 aromatic heterocycles. The number of carbonyl (C=O) groups is 1. The lowest BCUT2D eigenvalue weighted by molar-refractivity contribution is 0.0322. The molecule has 0 spiro atoms. The third-order valence-corrected chi connectivity index (χ3v) is 4.80. The molecule has 0 atom stereocenters. The predicted molar refractivity (Wildman–Crippen MR) is 110 cm³/mol. The molecular formula is C22H32N2O4. The number of rotatable bonds is 5. The summed E-state index contributed by atoms with van der Waals surface area (Å²) in [6.07, 6.45) is 1.53. The van der Waals surface area contributed by atoms with Crippen LogP contribution in [-0.4, -0.2) is 60.6 Å². The molecule has 0 amide bonds. The Morgan fingerprint density at radius 2 is 1.93 bits per heavy atom. The topological polar surface area (TPSA) is 52.9 Å². The summed E-state index contributed by atoms with van der Waals surface area (Å²) in [6.45, 7) is 14.9. The van der Waals surface area contributed by atoms with E-state index in [4.69, 9.17) is 14.2 Å². The normalized spacial score (nSPS) is 15.9. The second-order valence-electron chi connectivity index (χ2n) is 8.57. The van der Waals surface area contributed by atoms with Gasteiger partial charge in [0.1, 0.15) is 18.0 Å². The van der Waals surface area contributed by atoms with Gasteiger partial charge in [-0.1, -0.05) is 13.8 Å². The standard InChI is InChI=1S/C22H32N2O4/c1-16(2)19-15-24(21(25)28-22(3,4)5)20-7-6-17(14-18(19)20)27-13-10-23-8-11-26-12-9-23/h6-7,14-16H,8-13H2,1-5H3. The Balaban J connectivity index is 1.78. The van der Waals surface area contributed by atoms with E-state index >= 15 is 0 Å². The minimum absolute atomic E-state index is 0.287. The van der Waals surface area contributed by atoms with Crippen LogP contribution in [0.25, 0.3) is 10.9 Å². The first kappa shape index (κ1) is 20.7. The molecule has 0 saturated carbocycles. The molecule has 1 aromatic carbocycles. The Labute approximate surface area is 167 Å².